The van der Waals surface area contributed by atoms with E-state index >= 15 is 0 Å². The minimum Gasteiger partial charge on any atom is -0.355 e. The lowest BCUT2D eigenvalue weighted by molar-refractivity contribution is -0.125. The van der Waals surface area contributed by atoms with E-state index in [0.29, 0.717) is 30.6 Å². The van der Waals surface area contributed by atoms with E-state index in [2.05, 4.69) is 10.6 Å². The van der Waals surface area contributed by atoms with E-state index < -0.39 is 5.41 Å². The summed E-state index contributed by atoms with van der Waals surface area (Å²) in [6.07, 6.45) is 1.36. The van der Waals surface area contributed by atoms with Crippen molar-refractivity contribution in [2.45, 2.75) is 33.6 Å². The molecule has 0 spiro atoms. The standard InChI is InChI=1S/C16H25N3O2/c1-5-16(6-2,10-17)15(21)19-13-9-7-8-12(11(13)3)14(20)18-4/h7-9H,5-6,10,17H2,1-4H3,(H,18,20)(H,19,21). The van der Waals surface area contributed by atoms with Crippen LogP contribution in [0.25, 0.3) is 0 Å². The lowest BCUT2D eigenvalue weighted by Crippen LogP contribution is -2.41. The molecule has 0 radical (unpaired) electrons. The SMILES string of the molecule is CCC(CC)(CN)C(=O)Nc1cccc(C(=O)NC)c1C. The molecule has 0 fully saturated rings. The Labute approximate surface area is 126 Å². The van der Waals surface area contributed by atoms with Crippen LogP contribution in [0.4, 0.5) is 5.69 Å². The zero-order chi connectivity index (χ0) is 16.0. The molecular formula is C16H25N3O2. The van der Waals surface area contributed by atoms with Crippen molar-refractivity contribution in [1.82, 2.24) is 5.32 Å². The van der Waals surface area contributed by atoms with Crippen LogP contribution in [0, 0.1) is 12.3 Å². The highest BCUT2D eigenvalue weighted by atomic mass is 16.2. The number of carbonyl (C=O) groups is 2. The molecule has 2 amide bonds. The van der Waals surface area contributed by atoms with Gasteiger partial charge >= 0.3 is 0 Å². The average Bonchev–Trinajstić information content (AvgIpc) is 2.51. The number of nitrogens with one attached hydrogen (secondary N) is 2. The normalized spacial score (nSPS) is 11.1. The third-order valence-corrected chi connectivity index (χ3v) is 4.28. The van der Waals surface area contributed by atoms with E-state index in [-0.39, 0.29) is 11.8 Å². The van der Waals surface area contributed by atoms with Gasteiger partial charge in [0.05, 0.1) is 5.41 Å². The van der Waals surface area contributed by atoms with Gasteiger partial charge in [-0.1, -0.05) is 19.9 Å². The molecular weight excluding hydrogens is 266 g/mol. The van der Waals surface area contributed by atoms with Crippen molar-refractivity contribution in [2.75, 3.05) is 18.9 Å². The van der Waals surface area contributed by atoms with Crippen molar-refractivity contribution < 1.29 is 9.59 Å². The summed E-state index contributed by atoms with van der Waals surface area (Å²) < 4.78 is 0. The topological polar surface area (TPSA) is 84.2 Å². The predicted molar refractivity (Wildman–Crippen MR) is 85.3 cm³/mol. The van der Waals surface area contributed by atoms with Gasteiger partial charge in [-0.05, 0) is 37.5 Å². The number of hydrogen-bond acceptors (Lipinski definition) is 3. The minimum absolute atomic E-state index is 0.0906. The highest BCUT2D eigenvalue weighted by Gasteiger charge is 2.33. The minimum atomic E-state index is -0.560. The number of hydrogen-bond donors (Lipinski definition) is 3. The summed E-state index contributed by atoms with van der Waals surface area (Å²) >= 11 is 0. The van der Waals surface area contributed by atoms with Gasteiger partial charge in [-0.25, -0.2) is 0 Å². The number of rotatable bonds is 6. The summed E-state index contributed by atoms with van der Waals surface area (Å²) in [5.41, 5.74) is 7.20. The second-order valence-corrected chi connectivity index (χ2v) is 5.20. The van der Waals surface area contributed by atoms with E-state index in [0.717, 1.165) is 5.56 Å². The molecule has 0 saturated carbocycles. The molecule has 21 heavy (non-hydrogen) atoms. The Bertz CT molecular complexity index is 514. The molecule has 0 saturated heterocycles. The lowest BCUT2D eigenvalue weighted by Gasteiger charge is -2.29. The first kappa shape index (κ1) is 17.2. The van der Waals surface area contributed by atoms with Crippen LogP contribution in [-0.4, -0.2) is 25.4 Å². The fourth-order valence-corrected chi connectivity index (χ4v) is 2.36. The van der Waals surface area contributed by atoms with E-state index in [1.54, 1.807) is 25.2 Å². The molecule has 0 aliphatic heterocycles. The maximum absolute atomic E-state index is 12.5. The summed E-state index contributed by atoms with van der Waals surface area (Å²) in [5.74, 6) is -0.258. The second kappa shape index (κ2) is 7.22. The van der Waals surface area contributed by atoms with E-state index in [4.69, 9.17) is 5.73 Å². The van der Waals surface area contributed by atoms with Crippen molar-refractivity contribution in [3.63, 3.8) is 0 Å². The molecule has 0 aliphatic carbocycles. The third-order valence-electron chi connectivity index (χ3n) is 4.28. The van der Waals surface area contributed by atoms with Crippen LogP contribution in [0.3, 0.4) is 0 Å². The molecule has 5 nitrogen and oxygen atoms in total. The Morgan fingerprint density at radius 3 is 2.33 bits per heavy atom. The zero-order valence-corrected chi connectivity index (χ0v) is 13.2. The summed E-state index contributed by atoms with van der Waals surface area (Å²) in [7, 11) is 1.58. The second-order valence-electron chi connectivity index (χ2n) is 5.20. The fourth-order valence-electron chi connectivity index (χ4n) is 2.36. The Kier molecular flexibility index (Phi) is 5.90. The largest absolute Gasteiger partial charge is 0.355 e. The van der Waals surface area contributed by atoms with Gasteiger partial charge in [0.1, 0.15) is 0 Å². The van der Waals surface area contributed by atoms with Crippen LogP contribution in [0.1, 0.15) is 42.6 Å². The van der Waals surface area contributed by atoms with Crippen LogP contribution in [-0.2, 0) is 4.79 Å². The van der Waals surface area contributed by atoms with Gasteiger partial charge in [-0.2, -0.15) is 0 Å². The highest BCUT2D eigenvalue weighted by molar-refractivity contribution is 6.00. The summed E-state index contributed by atoms with van der Waals surface area (Å²) in [6, 6.07) is 5.29. The van der Waals surface area contributed by atoms with Gasteiger partial charge in [0.15, 0.2) is 0 Å². The quantitative estimate of drug-likeness (QED) is 0.750. The number of benzene rings is 1. The van der Waals surface area contributed by atoms with Gasteiger partial charge in [0.25, 0.3) is 5.91 Å². The van der Waals surface area contributed by atoms with Crippen molar-refractivity contribution in [3.8, 4) is 0 Å². The van der Waals surface area contributed by atoms with E-state index in [1.807, 2.05) is 20.8 Å². The van der Waals surface area contributed by atoms with Crippen LogP contribution >= 0.6 is 0 Å². The molecule has 1 rings (SSSR count). The molecule has 0 bridgehead atoms. The molecule has 0 aromatic heterocycles. The molecule has 1 aromatic rings. The molecule has 0 aliphatic rings. The molecule has 1 aromatic carbocycles. The van der Waals surface area contributed by atoms with Gasteiger partial charge < -0.3 is 16.4 Å². The van der Waals surface area contributed by atoms with Crippen LogP contribution in [0.15, 0.2) is 18.2 Å². The first-order valence-corrected chi connectivity index (χ1v) is 7.29. The molecule has 4 N–H and O–H groups in total. The Morgan fingerprint density at radius 1 is 1.24 bits per heavy atom. The van der Waals surface area contributed by atoms with Crippen LogP contribution in [0.2, 0.25) is 0 Å². The number of amides is 2. The first-order chi connectivity index (χ1) is 9.95. The van der Waals surface area contributed by atoms with Crippen LogP contribution < -0.4 is 16.4 Å². The van der Waals surface area contributed by atoms with Gasteiger partial charge in [-0.3, -0.25) is 9.59 Å². The number of carbonyl (C=O) groups excluding carboxylic acids is 2. The average molecular weight is 291 g/mol. The summed E-state index contributed by atoms with van der Waals surface area (Å²) in [6.45, 7) is 6.05. The smallest absolute Gasteiger partial charge is 0.251 e. The monoisotopic (exact) mass is 291 g/mol. The zero-order valence-electron chi connectivity index (χ0n) is 13.2. The summed E-state index contributed by atoms with van der Waals surface area (Å²) in [4.78, 5) is 24.3. The number of nitrogens with two attached hydrogens (primary N) is 1. The lowest BCUT2D eigenvalue weighted by atomic mass is 9.81. The van der Waals surface area contributed by atoms with Crippen molar-refractivity contribution in [3.05, 3.63) is 29.3 Å². The predicted octanol–water partition coefficient (Wildman–Crippen LogP) is 2.06. The van der Waals surface area contributed by atoms with E-state index in [9.17, 15) is 9.59 Å². The van der Waals surface area contributed by atoms with Crippen molar-refractivity contribution >= 4 is 17.5 Å². The van der Waals surface area contributed by atoms with E-state index in [1.165, 1.54) is 0 Å². The number of anilines is 1. The van der Waals surface area contributed by atoms with Gasteiger partial charge in [0.2, 0.25) is 5.91 Å². The summed E-state index contributed by atoms with van der Waals surface area (Å²) in [5, 5.41) is 5.52. The fraction of sp³-hybridized carbons (Fsp3) is 0.500. The maximum atomic E-state index is 12.5. The van der Waals surface area contributed by atoms with Gasteiger partial charge in [0, 0.05) is 24.8 Å². The Hall–Kier alpha value is -1.88. The van der Waals surface area contributed by atoms with Crippen molar-refractivity contribution in [1.29, 1.82) is 0 Å². The third kappa shape index (κ3) is 3.42. The Balaban J connectivity index is 3.09. The maximum Gasteiger partial charge on any atom is 0.251 e. The molecule has 5 heteroatoms. The molecule has 0 heterocycles. The van der Waals surface area contributed by atoms with Gasteiger partial charge in [-0.15, -0.1) is 0 Å². The molecule has 0 unspecified atom stereocenters. The molecule has 0 atom stereocenters. The highest BCUT2D eigenvalue weighted by Crippen LogP contribution is 2.28. The molecule has 116 valence electrons. The van der Waals surface area contributed by atoms with Crippen molar-refractivity contribution in [2.24, 2.45) is 11.1 Å². The Morgan fingerprint density at radius 2 is 1.86 bits per heavy atom. The first-order valence-electron chi connectivity index (χ1n) is 7.29. The van der Waals surface area contributed by atoms with Crippen LogP contribution in [0.5, 0.6) is 0 Å².